The van der Waals surface area contributed by atoms with Crippen LogP contribution in [0.5, 0.6) is 5.75 Å². The molecule has 2 rings (SSSR count). The highest BCUT2D eigenvalue weighted by atomic mass is 79.9. The highest BCUT2D eigenvalue weighted by molar-refractivity contribution is 9.10. The lowest BCUT2D eigenvalue weighted by Gasteiger charge is -2.12. The smallest absolute Gasteiger partial charge is 0.124 e. The zero-order valence-corrected chi connectivity index (χ0v) is 14.4. The maximum Gasteiger partial charge on any atom is 0.124 e. The second kappa shape index (κ2) is 7.50. The van der Waals surface area contributed by atoms with Crippen LogP contribution in [0.3, 0.4) is 0 Å². The molecule has 1 aromatic carbocycles. The van der Waals surface area contributed by atoms with Crippen molar-refractivity contribution in [3.05, 3.63) is 40.6 Å². The summed E-state index contributed by atoms with van der Waals surface area (Å²) in [6.07, 6.45) is 4.88. The molecule has 0 atom stereocenters. The molecule has 0 saturated carbocycles. The Labute approximate surface area is 134 Å². The van der Waals surface area contributed by atoms with Gasteiger partial charge < -0.3 is 10.1 Å². The van der Waals surface area contributed by atoms with Crippen LogP contribution >= 0.6 is 15.9 Å². The maximum atomic E-state index is 5.79. The van der Waals surface area contributed by atoms with Crippen molar-refractivity contribution in [2.75, 3.05) is 11.9 Å². The SMILES string of the molecule is CCCOc1ccc(Br)cc1CNc1cnn(C(C)C)c1. The molecule has 0 aliphatic carbocycles. The molecule has 0 unspecified atom stereocenters. The van der Waals surface area contributed by atoms with Crippen molar-refractivity contribution >= 4 is 21.6 Å². The molecule has 0 radical (unpaired) electrons. The number of benzene rings is 1. The summed E-state index contributed by atoms with van der Waals surface area (Å²) in [5, 5.41) is 7.73. The topological polar surface area (TPSA) is 39.1 Å². The first-order valence-corrected chi connectivity index (χ1v) is 8.08. The lowest BCUT2D eigenvalue weighted by molar-refractivity contribution is 0.314. The van der Waals surface area contributed by atoms with E-state index in [1.807, 2.05) is 29.2 Å². The number of nitrogens with zero attached hydrogens (tertiary/aromatic N) is 2. The zero-order chi connectivity index (χ0) is 15.2. The number of hydrogen-bond donors (Lipinski definition) is 1. The first-order valence-electron chi connectivity index (χ1n) is 7.29. The van der Waals surface area contributed by atoms with E-state index in [0.29, 0.717) is 12.6 Å². The normalized spacial score (nSPS) is 10.9. The van der Waals surface area contributed by atoms with Crippen LogP contribution in [-0.4, -0.2) is 16.4 Å². The van der Waals surface area contributed by atoms with Crippen molar-refractivity contribution in [1.82, 2.24) is 9.78 Å². The van der Waals surface area contributed by atoms with Gasteiger partial charge in [0, 0.05) is 28.8 Å². The summed E-state index contributed by atoms with van der Waals surface area (Å²) in [5.41, 5.74) is 2.15. The van der Waals surface area contributed by atoms with E-state index >= 15 is 0 Å². The highest BCUT2D eigenvalue weighted by Gasteiger charge is 2.06. The molecule has 0 aliphatic rings. The van der Waals surface area contributed by atoms with Crippen molar-refractivity contribution in [2.45, 2.75) is 39.8 Å². The lowest BCUT2D eigenvalue weighted by Crippen LogP contribution is -2.04. The summed E-state index contributed by atoms with van der Waals surface area (Å²) in [6.45, 7) is 7.78. The Bertz CT molecular complexity index is 581. The third-order valence-corrected chi connectivity index (χ3v) is 3.59. The third-order valence-electron chi connectivity index (χ3n) is 3.10. The van der Waals surface area contributed by atoms with Gasteiger partial charge in [-0.1, -0.05) is 22.9 Å². The summed E-state index contributed by atoms with van der Waals surface area (Å²) in [6, 6.07) is 6.47. The van der Waals surface area contributed by atoms with E-state index < -0.39 is 0 Å². The van der Waals surface area contributed by atoms with Crippen LogP contribution in [0, 0.1) is 0 Å². The van der Waals surface area contributed by atoms with Gasteiger partial charge in [-0.15, -0.1) is 0 Å². The molecule has 0 amide bonds. The largest absolute Gasteiger partial charge is 0.493 e. The molecular weight excluding hydrogens is 330 g/mol. The number of rotatable bonds is 7. The molecular formula is C16H22BrN3O. The van der Waals surface area contributed by atoms with E-state index in [1.165, 1.54) is 0 Å². The van der Waals surface area contributed by atoms with E-state index in [4.69, 9.17) is 4.74 Å². The Morgan fingerprint density at radius 1 is 1.38 bits per heavy atom. The lowest BCUT2D eigenvalue weighted by atomic mass is 10.2. The number of halogens is 1. The van der Waals surface area contributed by atoms with Gasteiger partial charge in [-0.2, -0.15) is 5.10 Å². The van der Waals surface area contributed by atoms with E-state index in [-0.39, 0.29) is 0 Å². The summed E-state index contributed by atoms with van der Waals surface area (Å²) < 4.78 is 8.79. The molecule has 0 aliphatic heterocycles. The Balaban J connectivity index is 2.05. The monoisotopic (exact) mass is 351 g/mol. The quantitative estimate of drug-likeness (QED) is 0.790. The van der Waals surface area contributed by atoms with Crippen LogP contribution in [-0.2, 0) is 6.54 Å². The van der Waals surface area contributed by atoms with E-state index in [1.54, 1.807) is 0 Å². The third kappa shape index (κ3) is 4.49. The molecule has 1 heterocycles. The van der Waals surface area contributed by atoms with E-state index in [0.717, 1.165) is 34.5 Å². The van der Waals surface area contributed by atoms with Gasteiger partial charge in [-0.3, -0.25) is 4.68 Å². The molecule has 5 heteroatoms. The Kier molecular flexibility index (Phi) is 5.67. The van der Waals surface area contributed by atoms with Crippen LogP contribution < -0.4 is 10.1 Å². The van der Waals surface area contributed by atoms with E-state index in [9.17, 15) is 0 Å². The average molecular weight is 352 g/mol. The highest BCUT2D eigenvalue weighted by Crippen LogP contribution is 2.24. The number of ether oxygens (including phenoxy) is 1. The molecule has 0 fully saturated rings. The second-order valence-electron chi connectivity index (χ2n) is 5.26. The Hall–Kier alpha value is -1.49. The standard InChI is InChI=1S/C16H22BrN3O/c1-4-7-21-16-6-5-14(17)8-13(16)9-18-15-10-19-20(11-15)12(2)3/h5-6,8,10-12,18H,4,7,9H2,1-3H3. The average Bonchev–Trinajstić information content (AvgIpc) is 2.93. The van der Waals surface area contributed by atoms with Crippen LogP contribution in [0.2, 0.25) is 0 Å². The predicted molar refractivity (Wildman–Crippen MR) is 89.9 cm³/mol. The maximum absolute atomic E-state index is 5.79. The van der Waals surface area contributed by atoms with Gasteiger partial charge in [0.25, 0.3) is 0 Å². The van der Waals surface area contributed by atoms with Gasteiger partial charge in [0.1, 0.15) is 5.75 Å². The van der Waals surface area contributed by atoms with Crippen molar-refractivity contribution < 1.29 is 4.74 Å². The van der Waals surface area contributed by atoms with Gasteiger partial charge in [-0.05, 0) is 38.5 Å². The Morgan fingerprint density at radius 3 is 2.86 bits per heavy atom. The second-order valence-corrected chi connectivity index (χ2v) is 6.17. The van der Waals surface area contributed by atoms with Gasteiger partial charge in [0.05, 0.1) is 18.5 Å². The van der Waals surface area contributed by atoms with Crippen molar-refractivity contribution in [2.24, 2.45) is 0 Å². The number of nitrogens with one attached hydrogen (secondary N) is 1. The van der Waals surface area contributed by atoms with Gasteiger partial charge in [0.2, 0.25) is 0 Å². The van der Waals surface area contributed by atoms with Crippen molar-refractivity contribution in [3.63, 3.8) is 0 Å². The fraction of sp³-hybridized carbons (Fsp3) is 0.438. The minimum Gasteiger partial charge on any atom is -0.493 e. The van der Waals surface area contributed by atoms with Crippen LogP contribution in [0.15, 0.2) is 35.1 Å². The summed E-state index contributed by atoms with van der Waals surface area (Å²) in [5.74, 6) is 0.934. The summed E-state index contributed by atoms with van der Waals surface area (Å²) >= 11 is 3.51. The van der Waals surface area contributed by atoms with Crippen LogP contribution in [0.1, 0.15) is 38.8 Å². The minimum atomic E-state index is 0.370. The number of anilines is 1. The summed E-state index contributed by atoms with van der Waals surface area (Å²) in [4.78, 5) is 0. The zero-order valence-electron chi connectivity index (χ0n) is 12.8. The van der Waals surface area contributed by atoms with Gasteiger partial charge in [0.15, 0.2) is 0 Å². The minimum absolute atomic E-state index is 0.370. The fourth-order valence-electron chi connectivity index (χ4n) is 1.95. The first-order chi connectivity index (χ1) is 10.1. The predicted octanol–water partition coefficient (Wildman–Crippen LogP) is 4.63. The number of aromatic nitrogens is 2. The number of hydrogen-bond acceptors (Lipinski definition) is 3. The molecule has 1 N–H and O–H groups in total. The Morgan fingerprint density at radius 2 is 2.19 bits per heavy atom. The molecule has 0 spiro atoms. The van der Waals surface area contributed by atoms with Crippen molar-refractivity contribution in [1.29, 1.82) is 0 Å². The molecule has 21 heavy (non-hydrogen) atoms. The fourth-order valence-corrected chi connectivity index (χ4v) is 2.36. The molecule has 2 aromatic rings. The van der Waals surface area contributed by atoms with Gasteiger partial charge in [-0.25, -0.2) is 0 Å². The van der Waals surface area contributed by atoms with Crippen LogP contribution in [0.4, 0.5) is 5.69 Å². The van der Waals surface area contributed by atoms with E-state index in [2.05, 4.69) is 53.2 Å². The van der Waals surface area contributed by atoms with Crippen LogP contribution in [0.25, 0.3) is 0 Å². The molecule has 0 saturated heterocycles. The van der Waals surface area contributed by atoms with Gasteiger partial charge >= 0.3 is 0 Å². The van der Waals surface area contributed by atoms with Crippen molar-refractivity contribution in [3.8, 4) is 5.75 Å². The molecule has 114 valence electrons. The summed E-state index contributed by atoms with van der Waals surface area (Å²) in [7, 11) is 0. The molecule has 1 aromatic heterocycles. The first kappa shape index (κ1) is 15.9. The molecule has 4 nitrogen and oxygen atoms in total. The molecule has 0 bridgehead atoms.